The van der Waals surface area contributed by atoms with Crippen molar-refractivity contribution in [1.82, 2.24) is 9.80 Å². The van der Waals surface area contributed by atoms with Gasteiger partial charge in [0.2, 0.25) is 0 Å². The molecule has 5 nitrogen and oxygen atoms in total. The molecule has 0 bridgehead atoms. The van der Waals surface area contributed by atoms with Crippen molar-refractivity contribution < 1.29 is 4.79 Å². The number of amides is 1. The number of aryl methyl sites for hydroxylation is 1. The Labute approximate surface area is 121 Å². The maximum Gasteiger partial charge on any atom is 0.256 e. The number of hydrogen-bond acceptors (Lipinski definition) is 4. The molecule has 0 heterocycles. The summed E-state index contributed by atoms with van der Waals surface area (Å²) in [5, 5.41) is 0. The van der Waals surface area contributed by atoms with Crippen LogP contribution in [0.5, 0.6) is 0 Å². The molecule has 0 radical (unpaired) electrons. The van der Waals surface area contributed by atoms with Crippen LogP contribution in [0.1, 0.15) is 29.3 Å². The van der Waals surface area contributed by atoms with Crippen LogP contribution in [0.3, 0.4) is 0 Å². The SMILES string of the molecule is CCCN(CCN(C)C)C(=O)c1cc(C)ccc1NN. The zero-order valence-electron chi connectivity index (χ0n) is 12.9. The van der Waals surface area contributed by atoms with Gasteiger partial charge in [0.25, 0.3) is 5.91 Å². The van der Waals surface area contributed by atoms with E-state index in [0.29, 0.717) is 11.3 Å². The quantitative estimate of drug-likeness (QED) is 0.588. The fourth-order valence-electron chi connectivity index (χ4n) is 2.04. The topological polar surface area (TPSA) is 61.6 Å². The minimum Gasteiger partial charge on any atom is -0.337 e. The fraction of sp³-hybridized carbons (Fsp3) is 0.533. The van der Waals surface area contributed by atoms with Gasteiger partial charge in [0.1, 0.15) is 0 Å². The molecule has 1 amide bonds. The van der Waals surface area contributed by atoms with Crippen molar-refractivity contribution >= 4 is 11.6 Å². The van der Waals surface area contributed by atoms with Crippen LogP contribution >= 0.6 is 0 Å². The molecule has 0 aliphatic carbocycles. The Bertz CT molecular complexity index is 445. The van der Waals surface area contributed by atoms with Gasteiger partial charge in [-0.3, -0.25) is 10.6 Å². The second-order valence-electron chi connectivity index (χ2n) is 5.29. The van der Waals surface area contributed by atoms with Gasteiger partial charge in [-0.2, -0.15) is 0 Å². The van der Waals surface area contributed by atoms with Crippen LogP contribution in [0.2, 0.25) is 0 Å². The van der Waals surface area contributed by atoms with Crippen molar-refractivity contribution in [2.75, 3.05) is 39.2 Å². The standard InChI is InChI=1S/C15H26N4O/c1-5-8-19(10-9-18(3)4)15(20)13-11-12(2)6-7-14(13)17-16/h6-7,11,17H,5,8-10,16H2,1-4H3. The summed E-state index contributed by atoms with van der Waals surface area (Å²) in [6, 6.07) is 5.67. The first-order valence-electron chi connectivity index (χ1n) is 7.00. The van der Waals surface area contributed by atoms with E-state index in [0.717, 1.165) is 31.6 Å². The van der Waals surface area contributed by atoms with Gasteiger partial charge in [-0.25, -0.2) is 0 Å². The number of nitrogen functional groups attached to an aromatic ring is 1. The third-order valence-electron chi connectivity index (χ3n) is 3.16. The van der Waals surface area contributed by atoms with E-state index >= 15 is 0 Å². The second kappa shape index (κ2) is 7.87. The van der Waals surface area contributed by atoms with Crippen molar-refractivity contribution in [3.05, 3.63) is 29.3 Å². The van der Waals surface area contributed by atoms with E-state index < -0.39 is 0 Å². The highest BCUT2D eigenvalue weighted by Gasteiger charge is 2.18. The summed E-state index contributed by atoms with van der Waals surface area (Å²) in [7, 11) is 4.02. The summed E-state index contributed by atoms with van der Waals surface area (Å²) in [5.41, 5.74) is 4.97. The number of likely N-dealkylation sites (N-methyl/N-ethyl adjacent to an activating group) is 1. The smallest absolute Gasteiger partial charge is 0.256 e. The van der Waals surface area contributed by atoms with Crippen LogP contribution in [0.4, 0.5) is 5.69 Å². The van der Waals surface area contributed by atoms with Crippen molar-refractivity contribution in [2.45, 2.75) is 20.3 Å². The monoisotopic (exact) mass is 278 g/mol. The number of nitrogens with zero attached hydrogens (tertiary/aromatic N) is 2. The third kappa shape index (κ3) is 4.51. The lowest BCUT2D eigenvalue weighted by Gasteiger charge is -2.25. The molecule has 5 heteroatoms. The van der Waals surface area contributed by atoms with E-state index in [4.69, 9.17) is 5.84 Å². The highest BCUT2D eigenvalue weighted by atomic mass is 16.2. The Balaban J connectivity index is 2.95. The number of carbonyl (C=O) groups excluding carboxylic acids is 1. The summed E-state index contributed by atoms with van der Waals surface area (Å²) >= 11 is 0. The normalized spacial score (nSPS) is 10.7. The number of nitrogens with two attached hydrogens (primary N) is 1. The molecular formula is C15H26N4O. The van der Waals surface area contributed by atoms with Gasteiger partial charge in [0.15, 0.2) is 0 Å². The van der Waals surface area contributed by atoms with Crippen LogP contribution < -0.4 is 11.3 Å². The van der Waals surface area contributed by atoms with Crippen molar-refractivity contribution in [3.63, 3.8) is 0 Å². The van der Waals surface area contributed by atoms with Crippen LogP contribution in [0, 0.1) is 6.92 Å². The van der Waals surface area contributed by atoms with Crippen LogP contribution in [-0.4, -0.2) is 49.4 Å². The lowest BCUT2D eigenvalue weighted by Crippen LogP contribution is -2.37. The van der Waals surface area contributed by atoms with Gasteiger partial charge in [0.05, 0.1) is 11.3 Å². The Kier molecular flexibility index (Phi) is 6.48. The number of nitrogens with one attached hydrogen (secondary N) is 1. The Hall–Kier alpha value is -1.59. The van der Waals surface area contributed by atoms with E-state index in [1.54, 1.807) is 0 Å². The first-order chi connectivity index (χ1) is 9.49. The van der Waals surface area contributed by atoms with E-state index in [1.807, 2.05) is 44.1 Å². The van der Waals surface area contributed by atoms with Crippen LogP contribution in [0.15, 0.2) is 18.2 Å². The molecular weight excluding hydrogens is 252 g/mol. The van der Waals surface area contributed by atoms with Crippen LogP contribution in [0.25, 0.3) is 0 Å². The summed E-state index contributed by atoms with van der Waals surface area (Å²) in [6.45, 7) is 6.38. The number of hydrogen-bond donors (Lipinski definition) is 2. The molecule has 3 N–H and O–H groups in total. The van der Waals surface area contributed by atoms with Gasteiger partial charge in [-0.05, 0) is 39.6 Å². The maximum atomic E-state index is 12.7. The summed E-state index contributed by atoms with van der Waals surface area (Å²) in [4.78, 5) is 16.7. The molecule has 0 fully saturated rings. The largest absolute Gasteiger partial charge is 0.337 e. The van der Waals surface area contributed by atoms with Crippen molar-refractivity contribution in [1.29, 1.82) is 0 Å². The molecule has 112 valence electrons. The summed E-state index contributed by atoms with van der Waals surface area (Å²) in [6.07, 6.45) is 0.941. The predicted octanol–water partition coefficient (Wildman–Crippen LogP) is 1.69. The van der Waals surface area contributed by atoms with Crippen molar-refractivity contribution in [2.24, 2.45) is 5.84 Å². The number of carbonyl (C=O) groups is 1. The summed E-state index contributed by atoms with van der Waals surface area (Å²) < 4.78 is 0. The molecule has 0 unspecified atom stereocenters. The fourth-order valence-corrected chi connectivity index (χ4v) is 2.04. The van der Waals surface area contributed by atoms with E-state index in [-0.39, 0.29) is 5.91 Å². The molecule has 0 aliphatic heterocycles. The molecule has 0 saturated heterocycles. The minimum atomic E-state index is 0.0327. The average Bonchev–Trinajstić information content (AvgIpc) is 2.42. The minimum absolute atomic E-state index is 0.0327. The molecule has 0 aromatic heterocycles. The molecule has 0 saturated carbocycles. The predicted molar refractivity (Wildman–Crippen MR) is 83.7 cm³/mol. The van der Waals surface area contributed by atoms with E-state index in [1.165, 1.54) is 0 Å². The first-order valence-corrected chi connectivity index (χ1v) is 7.00. The van der Waals surface area contributed by atoms with Gasteiger partial charge in [0, 0.05) is 19.6 Å². The average molecular weight is 278 g/mol. The third-order valence-corrected chi connectivity index (χ3v) is 3.16. The molecule has 1 rings (SSSR count). The number of hydrazine groups is 1. The van der Waals surface area contributed by atoms with E-state index in [2.05, 4.69) is 17.2 Å². The first kappa shape index (κ1) is 16.5. The molecule has 0 atom stereocenters. The van der Waals surface area contributed by atoms with Gasteiger partial charge in [-0.1, -0.05) is 18.6 Å². The molecule has 1 aromatic carbocycles. The molecule has 0 spiro atoms. The lowest BCUT2D eigenvalue weighted by atomic mass is 10.1. The Morgan fingerprint density at radius 3 is 2.50 bits per heavy atom. The summed E-state index contributed by atoms with van der Waals surface area (Å²) in [5.74, 6) is 5.54. The van der Waals surface area contributed by atoms with E-state index in [9.17, 15) is 4.79 Å². The lowest BCUT2D eigenvalue weighted by molar-refractivity contribution is 0.0746. The Morgan fingerprint density at radius 2 is 1.95 bits per heavy atom. The Morgan fingerprint density at radius 1 is 1.25 bits per heavy atom. The highest BCUT2D eigenvalue weighted by Crippen LogP contribution is 2.18. The van der Waals surface area contributed by atoms with Gasteiger partial charge >= 0.3 is 0 Å². The molecule has 1 aromatic rings. The maximum absolute atomic E-state index is 12.7. The zero-order chi connectivity index (χ0) is 15.1. The van der Waals surface area contributed by atoms with Crippen LogP contribution in [-0.2, 0) is 0 Å². The van der Waals surface area contributed by atoms with Crippen molar-refractivity contribution in [3.8, 4) is 0 Å². The molecule has 20 heavy (non-hydrogen) atoms. The van der Waals surface area contributed by atoms with Gasteiger partial charge in [-0.15, -0.1) is 0 Å². The number of benzene rings is 1. The number of rotatable bonds is 7. The molecule has 0 aliphatic rings. The second-order valence-corrected chi connectivity index (χ2v) is 5.29. The zero-order valence-corrected chi connectivity index (χ0v) is 12.9. The highest BCUT2D eigenvalue weighted by molar-refractivity contribution is 5.99. The van der Waals surface area contributed by atoms with Gasteiger partial charge < -0.3 is 15.2 Å². The number of anilines is 1.